The van der Waals surface area contributed by atoms with Crippen LogP contribution in [0.5, 0.6) is 0 Å². The van der Waals surface area contributed by atoms with Gasteiger partial charge < -0.3 is 15.5 Å². The van der Waals surface area contributed by atoms with Crippen molar-refractivity contribution in [1.29, 1.82) is 0 Å². The van der Waals surface area contributed by atoms with Gasteiger partial charge in [-0.3, -0.25) is 9.79 Å². The molecular formula is C20H27ClIN5O. The van der Waals surface area contributed by atoms with E-state index in [0.717, 1.165) is 17.5 Å². The predicted octanol–water partition coefficient (Wildman–Crippen LogP) is 3.11. The maximum absolute atomic E-state index is 12.5. The Morgan fingerprint density at radius 2 is 1.89 bits per heavy atom. The number of hydrogen-bond acceptors (Lipinski definition) is 3. The number of hydrogen-bond donors (Lipinski definition) is 2. The van der Waals surface area contributed by atoms with E-state index in [-0.39, 0.29) is 36.4 Å². The molecule has 1 aromatic carbocycles. The Morgan fingerprint density at radius 1 is 1.14 bits per heavy atom. The first kappa shape index (κ1) is 24.2. The van der Waals surface area contributed by atoms with E-state index in [2.05, 4.69) is 20.6 Å². The van der Waals surface area contributed by atoms with Crippen LogP contribution in [0.4, 0.5) is 0 Å². The molecule has 0 aliphatic carbocycles. The summed E-state index contributed by atoms with van der Waals surface area (Å²) in [5.74, 6) is 0.632. The third kappa shape index (κ3) is 8.43. The highest BCUT2D eigenvalue weighted by Crippen LogP contribution is 2.05. The Kier molecular flexibility index (Phi) is 11.5. The van der Waals surface area contributed by atoms with Gasteiger partial charge in [-0.15, -0.1) is 24.0 Å². The minimum absolute atomic E-state index is 0. The van der Waals surface area contributed by atoms with E-state index >= 15 is 0 Å². The van der Waals surface area contributed by atoms with Crippen molar-refractivity contribution in [1.82, 2.24) is 20.5 Å². The number of amides is 1. The molecule has 0 spiro atoms. The summed E-state index contributed by atoms with van der Waals surface area (Å²) < 4.78 is 0. The average Bonchev–Trinajstić information content (AvgIpc) is 2.70. The molecule has 152 valence electrons. The second kappa shape index (κ2) is 13.3. The quantitative estimate of drug-likeness (QED) is 0.245. The molecule has 6 nitrogen and oxygen atoms in total. The number of likely N-dealkylation sites (N-methyl/N-ethyl adjacent to an activating group) is 1. The van der Waals surface area contributed by atoms with Crippen molar-refractivity contribution >= 4 is 47.4 Å². The highest BCUT2D eigenvalue weighted by molar-refractivity contribution is 14.0. The summed E-state index contributed by atoms with van der Waals surface area (Å²) in [6, 6.07) is 13.7. The number of benzene rings is 1. The van der Waals surface area contributed by atoms with Crippen LogP contribution in [0.1, 0.15) is 18.1 Å². The standard InChI is InChI=1S/C20H26ClN5O.HI/c1-3-26(15-17-7-5-4-6-8-17)19(27)14-25-20(22-2)23-12-11-16-9-10-18(21)24-13-16;/h4-10,13H,3,11-12,14-15H2,1-2H3,(H2,22,23,25);1H. The molecule has 1 heterocycles. The summed E-state index contributed by atoms with van der Waals surface area (Å²) >= 11 is 5.79. The summed E-state index contributed by atoms with van der Waals surface area (Å²) in [6.45, 7) is 4.12. The van der Waals surface area contributed by atoms with Crippen LogP contribution in [-0.4, -0.2) is 48.4 Å². The van der Waals surface area contributed by atoms with Gasteiger partial charge in [0.1, 0.15) is 5.15 Å². The van der Waals surface area contributed by atoms with E-state index in [9.17, 15) is 4.79 Å². The molecule has 0 saturated carbocycles. The minimum atomic E-state index is 0. The fourth-order valence-corrected chi connectivity index (χ4v) is 2.66. The van der Waals surface area contributed by atoms with E-state index in [4.69, 9.17) is 11.6 Å². The van der Waals surface area contributed by atoms with Gasteiger partial charge in [-0.05, 0) is 30.5 Å². The predicted molar refractivity (Wildman–Crippen MR) is 125 cm³/mol. The van der Waals surface area contributed by atoms with Gasteiger partial charge in [0.05, 0.1) is 6.54 Å². The van der Waals surface area contributed by atoms with Gasteiger partial charge in [-0.25, -0.2) is 4.98 Å². The first-order valence-corrected chi connectivity index (χ1v) is 9.36. The summed E-state index contributed by atoms with van der Waals surface area (Å²) in [5, 5.41) is 6.76. The lowest BCUT2D eigenvalue weighted by Crippen LogP contribution is -2.44. The molecule has 0 bridgehead atoms. The van der Waals surface area contributed by atoms with Crippen LogP contribution in [0.15, 0.2) is 53.7 Å². The van der Waals surface area contributed by atoms with Crippen molar-refractivity contribution < 1.29 is 4.79 Å². The monoisotopic (exact) mass is 515 g/mol. The normalized spacial score (nSPS) is 10.8. The molecular weight excluding hydrogens is 489 g/mol. The summed E-state index contributed by atoms with van der Waals surface area (Å²) in [6.07, 6.45) is 2.54. The maximum atomic E-state index is 12.5. The van der Waals surface area contributed by atoms with Crippen LogP contribution in [0.25, 0.3) is 0 Å². The number of aliphatic imine (C=N–C) groups is 1. The van der Waals surface area contributed by atoms with Crippen LogP contribution < -0.4 is 10.6 Å². The highest BCUT2D eigenvalue weighted by Gasteiger charge is 2.12. The van der Waals surface area contributed by atoms with Crippen LogP contribution in [0, 0.1) is 0 Å². The summed E-state index contributed by atoms with van der Waals surface area (Å²) in [7, 11) is 1.69. The Hall–Kier alpha value is -1.87. The third-order valence-electron chi connectivity index (χ3n) is 4.08. The number of nitrogens with zero attached hydrogens (tertiary/aromatic N) is 3. The van der Waals surface area contributed by atoms with Gasteiger partial charge in [0.15, 0.2) is 5.96 Å². The number of nitrogens with one attached hydrogen (secondary N) is 2. The second-order valence-corrected chi connectivity index (χ2v) is 6.37. The lowest BCUT2D eigenvalue weighted by molar-refractivity contribution is -0.130. The zero-order valence-electron chi connectivity index (χ0n) is 16.2. The van der Waals surface area contributed by atoms with E-state index in [0.29, 0.717) is 30.7 Å². The molecule has 0 fully saturated rings. The number of aromatic nitrogens is 1. The Bertz CT molecular complexity index is 740. The Morgan fingerprint density at radius 3 is 2.50 bits per heavy atom. The topological polar surface area (TPSA) is 69.6 Å². The molecule has 8 heteroatoms. The molecule has 2 N–H and O–H groups in total. The minimum Gasteiger partial charge on any atom is -0.356 e. The zero-order chi connectivity index (χ0) is 19.5. The lowest BCUT2D eigenvalue weighted by atomic mass is 10.2. The van der Waals surface area contributed by atoms with Gasteiger partial charge >= 0.3 is 0 Å². The van der Waals surface area contributed by atoms with Crippen LogP contribution in [0.2, 0.25) is 5.15 Å². The molecule has 0 unspecified atom stereocenters. The van der Waals surface area contributed by atoms with Gasteiger partial charge in [-0.1, -0.05) is 48.0 Å². The maximum Gasteiger partial charge on any atom is 0.242 e. The number of carbonyl (C=O) groups is 1. The molecule has 2 aromatic rings. The molecule has 0 atom stereocenters. The van der Waals surface area contributed by atoms with Crippen molar-refractivity contribution in [3.63, 3.8) is 0 Å². The average molecular weight is 516 g/mol. The number of pyridine rings is 1. The number of rotatable bonds is 8. The highest BCUT2D eigenvalue weighted by atomic mass is 127. The van der Waals surface area contributed by atoms with Crippen molar-refractivity contribution in [2.45, 2.75) is 19.9 Å². The largest absolute Gasteiger partial charge is 0.356 e. The molecule has 1 aromatic heterocycles. The van der Waals surface area contributed by atoms with Gasteiger partial charge in [-0.2, -0.15) is 0 Å². The van der Waals surface area contributed by atoms with Crippen molar-refractivity contribution in [2.75, 3.05) is 26.7 Å². The molecule has 0 aliphatic rings. The SMILES string of the molecule is CCN(Cc1ccccc1)C(=O)CNC(=NC)NCCc1ccc(Cl)nc1.I. The molecule has 28 heavy (non-hydrogen) atoms. The molecule has 2 rings (SSSR count). The van der Waals surface area contributed by atoms with Crippen LogP contribution >= 0.6 is 35.6 Å². The smallest absolute Gasteiger partial charge is 0.242 e. The first-order valence-electron chi connectivity index (χ1n) is 8.99. The molecule has 0 radical (unpaired) electrons. The number of carbonyl (C=O) groups excluding carboxylic acids is 1. The third-order valence-corrected chi connectivity index (χ3v) is 4.30. The summed E-state index contributed by atoms with van der Waals surface area (Å²) in [5.41, 5.74) is 2.20. The fraction of sp³-hybridized carbons (Fsp3) is 0.350. The summed E-state index contributed by atoms with van der Waals surface area (Å²) in [4.78, 5) is 22.5. The van der Waals surface area contributed by atoms with Crippen LogP contribution in [0.3, 0.4) is 0 Å². The molecule has 0 saturated heterocycles. The number of guanidine groups is 1. The van der Waals surface area contributed by atoms with Gasteiger partial charge in [0.2, 0.25) is 5.91 Å². The van der Waals surface area contributed by atoms with Crippen molar-refractivity contribution in [3.05, 3.63) is 64.9 Å². The fourth-order valence-electron chi connectivity index (χ4n) is 2.55. The second-order valence-electron chi connectivity index (χ2n) is 5.99. The van der Waals surface area contributed by atoms with E-state index in [1.54, 1.807) is 19.3 Å². The first-order chi connectivity index (χ1) is 13.1. The van der Waals surface area contributed by atoms with Crippen LogP contribution in [-0.2, 0) is 17.8 Å². The van der Waals surface area contributed by atoms with Crippen molar-refractivity contribution in [3.8, 4) is 0 Å². The van der Waals surface area contributed by atoms with Gasteiger partial charge in [0, 0.05) is 32.9 Å². The van der Waals surface area contributed by atoms with E-state index < -0.39 is 0 Å². The lowest BCUT2D eigenvalue weighted by Gasteiger charge is -2.22. The van der Waals surface area contributed by atoms with E-state index in [1.807, 2.05) is 48.2 Å². The van der Waals surface area contributed by atoms with E-state index in [1.165, 1.54) is 0 Å². The zero-order valence-corrected chi connectivity index (χ0v) is 19.3. The van der Waals surface area contributed by atoms with Gasteiger partial charge in [0.25, 0.3) is 0 Å². The Labute approximate surface area is 188 Å². The van der Waals surface area contributed by atoms with Crippen molar-refractivity contribution in [2.24, 2.45) is 4.99 Å². The molecule has 1 amide bonds. The Balaban J connectivity index is 0.00000392. The number of halogens is 2. The molecule has 0 aliphatic heterocycles.